The van der Waals surface area contributed by atoms with Crippen molar-refractivity contribution < 1.29 is 4.39 Å². The van der Waals surface area contributed by atoms with Gasteiger partial charge in [-0.15, -0.1) is 0 Å². The Balaban J connectivity index is 2.06. The van der Waals surface area contributed by atoms with Gasteiger partial charge in [0.1, 0.15) is 5.82 Å². The summed E-state index contributed by atoms with van der Waals surface area (Å²) in [6.07, 6.45) is 2.78. The van der Waals surface area contributed by atoms with Gasteiger partial charge in [0.05, 0.1) is 11.1 Å². The smallest absolute Gasteiger partial charge is 0.146 e. The normalized spacial score (nSPS) is 14.9. The second-order valence-corrected chi connectivity index (χ2v) is 4.73. The highest BCUT2D eigenvalue weighted by atomic mass is 35.5. The van der Waals surface area contributed by atoms with E-state index in [0.29, 0.717) is 31.1 Å². The average molecular weight is 253 g/mol. The van der Waals surface area contributed by atoms with Crippen molar-refractivity contribution in [1.82, 2.24) is 4.90 Å². The van der Waals surface area contributed by atoms with Gasteiger partial charge in [-0.05, 0) is 18.9 Å². The van der Waals surface area contributed by atoms with Gasteiger partial charge < -0.3 is 0 Å². The lowest BCUT2D eigenvalue weighted by Gasteiger charge is -2.21. The first-order valence-corrected chi connectivity index (χ1v) is 6.14. The van der Waals surface area contributed by atoms with Crippen LogP contribution in [0.2, 0.25) is 5.02 Å². The van der Waals surface area contributed by atoms with Crippen LogP contribution in [0.4, 0.5) is 4.39 Å². The van der Waals surface area contributed by atoms with Crippen molar-refractivity contribution in [3.63, 3.8) is 0 Å². The lowest BCUT2D eigenvalue weighted by molar-refractivity contribution is 0.257. The first-order chi connectivity index (χ1) is 8.22. The third kappa shape index (κ3) is 3.18. The van der Waals surface area contributed by atoms with E-state index >= 15 is 0 Å². The lowest BCUT2D eigenvalue weighted by atomic mass is 10.2. The first-order valence-electron chi connectivity index (χ1n) is 5.76. The van der Waals surface area contributed by atoms with Gasteiger partial charge in [0.25, 0.3) is 0 Å². The van der Waals surface area contributed by atoms with Crippen molar-refractivity contribution in [1.29, 1.82) is 5.26 Å². The second kappa shape index (κ2) is 5.48. The van der Waals surface area contributed by atoms with Gasteiger partial charge in [-0.25, -0.2) is 4.39 Å². The molecule has 0 N–H and O–H groups in total. The predicted octanol–water partition coefficient (Wildman–Crippen LogP) is 3.36. The van der Waals surface area contributed by atoms with Crippen molar-refractivity contribution >= 4 is 11.6 Å². The van der Waals surface area contributed by atoms with E-state index in [9.17, 15) is 4.39 Å². The van der Waals surface area contributed by atoms with E-state index in [4.69, 9.17) is 16.9 Å². The molecule has 1 aliphatic rings. The number of nitriles is 1. The van der Waals surface area contributed by atoms with Crippen LogP contribution < -0.4 is 0 Å². The molecule has 1 saturated carbocycles. The third-order valence-electron chi connectivity index (χ3n) is 2.98. The zero-order valence-corrected chi connectivity index (χ0v) is 10.3. The maximum Gasteiger partial charge on any atom is 0.146 e. The highest BCUT2D eigenvalue weighted by Crippen LogP contribution is 2.29. The van der Waals surface area contributed by atoms with E-state index in [-0.39, 0.29) is 10.8 Å². The van der Waals surface area contributed by atoms with Crippen LogP contribution in [0.5, 0.6) is 0 Å². The van der Waals surface area contributed by atoms with Crippen LogP contribution >= 0.6 is 11.6 Å². The van der Waals surface area contributed by atoms with Crippen molar-refractivity contribution in [3.8, 4) is 6.07 Å². The molecule has 4 heteroatoms. The molecule has 0 bridgehead atoms. The number of rotatable bonds is 5. The highest BCUT2D eigenvalue weighted by Gasteiger charge is 2.29. The molecular formula is C13H14ClFN2. The number of benzene rings is 1. The Morgan fingerprint density at radius 3 is 2.88 bits per heavy atom. The summed E-state index contributed by atoms with van der Waals surface area (Å²) >= 11 is 5.75. The average Bonchev–Trinajstić information content (AvgIpc) is 3.14. The Bertz CT molecular complexity index is 438. The van der Waals surface area contributed by atoms with Crippen LogP contribution in [0.3, 0.4) is 0 Å². The van der Waals surface area contributed by atoms with Gasteiger partial charge in [0.15, 0.2) is 0 Å². The monoisotopic (exact) mass is 252 g/mol. The highest BCUT2D eigenvalue weighted by molar-refractivity contribution is 6.30. The largest absolute Gasteiger partial charge is 0.295 e. The van der Waals surface area contributed by atoms with E-state index in [2.05, 4.69) is 11.0 Å². The van der Waals surface area contributed by atoms with Crippen molar-refractivity contribution in [2.24, 2.45) is 0 Å². The number of hydrogen-bond acceptors (Lipinski definition) is 2. The molecule has 0 aliphatic heterocycles. The van der Waals surface area contributed by atoms with Crippen molar-refractivity contribution in [3.05, 3.63) is 34.6 Å². The number of nitrogens with zero attached hydrogens (tertiary/aromatic N) is 2. The maximum absolute atomic E-state index is 13.7. The van der Waals surface area contributed by atoms with Gasteiger partial charge in [-0.2, -0.15) is 5.26 Å². The predicted molar refractivity (Wildman–Crippen MR) is 65.1 cm³/mol. The molecule has 1 aromatic carbocycles. The molecule has 90 valence electrons. The summed E-state index contributed by atoms with van der Waals surface area (Å²) in [4.78, 5) is 2.16. The van der Waals surface area contributed by atoms with Crippen LogP contribution in [0, 0.1) is 17.1 Å². The van der Waals surface area contributed by atoms with Gasteiger partial charge >= 0.3 is 0 Å². The first kappa shape index (κ1) is 12.3. The molecule has 0 spiro atoms. The maximum atomic E-state index is 13.7. The summed E-state index contributed by atoms with van der Waals surface area (Å²) in [6.45, 7) is 1.24. The quantitative estimate of drug-likeness (QED) is 0.804. The Morgan fingerprint density at radius 1 is 1.47 bits per heavy atom. The fraction of sp³-hybridized carbons (Fsp3) is 0.462. The SMILES string of the molecule is N#CCCN(Cc1cccc(Cl)c1F)C1CC1. The molecule has 0 aromatic heterocycles. The van der Waals surface area contributed by atoms with Crippen molar-refractivity contribution in [2.75, 3.05) is 6.54 Å². The van der Waals surface area contributed by atoms with Crippen LogP contribution in [-0.4, -0.2) is 17.5 Å². The summed E-state index contributed by atoms with van der Waals surface area (Å²) in [6, 6.07) is 7.71. The molecule has 1 aliphatic carbocycles. The van der Waals surface area contributed by atoms with Gasteiger partial charge in [0, 0.05) is 31.1 Å². The second-order valence-electron chi connectivity index (χ2n) is 4.32. The summed E-state index contributed by atoms with van der Waals surface area (Å²) in [7, 11) is 0. The van der Waals surface area contributed by atoms with Crippen LogP contribution in [0.15, 0.2) is 18.2 Å². The van der Waals surface area contributed by atoms with Gasteiger partial charge in [-0.3, -0.25) is 4.90 Å². The number of hydrogen-bond donors (Lipinski definition) is 0. The van der Waals surface area contributed by atoms with E-state index in [1.165, 1.54) is 0 Å². The molecule has 0 amide bonds. The zero-order valence-electron chi connectivity index (χ0n) is 9.50. The molecule has 0 heterocycles. The van der Waals surface area contributed by atoms with E-state index < -0.39 is 0 Å². The summed E-state index contributed by atoms with van der Waals surface area (Å²) < 4.78 is 13.7. The van der Waals surface area contributed by atoms with Gasteiger partial charge in [0.2, 0.25) is 0 Å². The van der Waals surface area contributed by atoms with E-state index in [1.807, 2.05) is 0 Å². The minimum absolute atomic E-state index is 0.165. The molecule has 1 aromatic rings. The van der Waals surface area contributed by atoms with Crippen molar-refractivity contribution in [2.45, 2.75) is 31.8 Å². The molecule has 0 atom stereocenters. The third-order valence-corrected chi connectivity index (χ3v) is 3.27. The molecule has 2 nitrogen and oxygen atoms in total. The molecule has 2 rings (SSSR count). The topological polar surface area (TPSA) is 27.0 Å². The molecule has 0 unspecified atom stereocenters. The summed E-state index contributed by atoms with van der Waals surface area (Å²) in [5.41, 5.74) is 0.613. The van der Waals surface area contributed by atoms with Crippen LogP contribution in [-0.2, 0) is 6.54 Å². The summed E-state index contributed by atoms with van der Waals surface area (Å²) in [5.74, 6) is -0.336. The molecule has 1 fully saturated rings. The Hall–Kier alpha value is -1.11. The van der Waals surface area contributed by atoms with Crippen LogP contribution in [0.25, 0.3) is 0 Å². The van der Waals surface area contributed by atoms with E-state index in [0.717, 1.165) is 12.8 Å². The Morgan fingerprint density at radius 2 is 2.24 bits per heavy atom. The minimum Gasteiger partial charge on any atom is -0.295 e. The fourth-order valence-electron chi connectivity index (χ4n) is 1.91. The van der Waals surface area contributed by atoms with E-state index in [1.54, 1.807) is 18.2 Å². The lowest BCUT2D eigenvalue weighted by Crippen LogP contribution is -2.27. The van der Waals surface area contributed by atoms with Crippen LogP contribution in [0.1, 0.15) is 24.8 Å². The standard InChI is InChI=1S/C13H14ClFN2/c14-12-4-1-3-10(13(12)15)9-17(8-2-7-16)11-5-6-11/h1,3-4,11H,2,5-6,8-9H2. The van der Waals surface area contributed by atoms with Gasteiger partial charge in [-0.1, -0.05) is 23.7 Å². The molecule has 17 heavy (non-hydrogen) atoms. The molecule has 0 saturated heterocycles. The Labute approximate surface area is 106 Å². The molecular weight excluding hydrogens is 239 g/mol. The summed E-state index contributed by atoms with van der Waals surface area (Å²) in [5, 5.41) is 8.78. The minimum atomic E-state index is -0.336. The fourth-order valence-corrected chi connectivity index (χ4v) is 2.11. The zero-order chi connectivity index (χ0) is 12.3. The molecule has 0 radical (unpaired) electrons. The number of halogens is 2. The Kier molecular flexibility index (Phi) is 3.98.